The molecule has 0 atom stereocenters. The second kappa shape index (κ2) is 7.41. The highest BCUT2D eigenvalue weighted by atomic mass is 32.1. The Morgan fingerprint density at radius 1 is 1.35 bits per heavy atom. The van der Waals surface area contributed by atoms with Crippen molar-refractivity contribution in [2.45, 2.75) is 38.1 Å². The molecule has 4 nitrogen and oxygen atoms in total. The summed E-state index contributed by atoms with van der Waals surface area (Å²) in [6.45, 7) is 2.18. The summed E-state index contributed by atoms with van der Waals surface area (Å²) in [5.41, 5.74) is 1.07. The molecule has 0 saturated carbocycles. The fraction of sp³-hybridized carbons (Fsp3) is 0.556. The van der Waals surface area contributed by atoms with E-state index >= 15 is 0 Å². The van der Waals surface area contributed by atoms with E-state index in [1.54, 1.807) is 11.3 Å². The summed E-state index contributed by atoms with van der Waals surface area (Å²) in [5, 5.41) is 1.14. The molecule has 0 bridgehead atoms. The van der Waals surface area contributed by atoms with Gasteiger partial charge in [-0.2, -0.15) is 0 Å². The highest BCUT2D eigenvalue weighted by Crippen LogP contribution is 2.23. The van der Waals surface area contributed by atoms with Crippen LogP contribution in [0.2, 0.25) is 0 Å². The van der Waals surface area contributed by atoms with Gasteiger partial charge < -0.3 is 9.80 Å². The van der Waals surface area contributed by atoms with Gasteiger partial charge in [-0.3, -0.25) is 4.79 Å². The van der Waals surface area contributed by atoms with E-state index in [0.29, 0.717) is 12.5 Å². The zero-order chi connectivity index (χ0) is 16.2. The summed E-state index contributed by atoms with van der Waals surface area (Å²) in [6, 6.07) is 8.64. The second-order valence-corrected chi connectivity index (χ2v) is 7.58. The minimum absolute atomic E-state index is 0.278. The fourth-order valence-corrected chi connectivity index (χ4v) is 4.19. The molecule has 1 aromatic heterocycles. The van der Waals surface area contributed by atoms with E-state index in [0.717, 1.165) is 49.3 Å². The van der Waals surface area contributed by atoms with Crippen LogP contribution in [0, 0.1) is 0 Å². The van der Waals surface area contributed by atoms with Crippen LogP contribution >= 0.6 is 11.3 Å². The van der Waals surface area contributed by atoms with Crippen molar-refractivity contribution in [2.24, 2.45) is 0 Å². The predicted molar refractivity (Wildman–Crippen MR) is 95.8 cm³/mol. The van der Waals surface area contributed by atoms with Crippen molar-refractivity contribution in [3.63, 3.8) is 0 Å². The van der Waals surface area contributed by atoms with E-state index in [4.69, 9.17) is 0 Å². The molecular formula is C18H25N3OS. The van der Waals surface area contributed by atoms with Gasteiger partial charge in [0.15, 0.2) is 0 Å². The van der Waals surface area contributed by atoms with Gasteiger partial charge in [0, 0.05) is 19.5 Å². The first-order valence-corrected chi connectivity index (χ1v) is 9.24. The van der Waals surface area contributed by atoms with Crippen LogP contribution in [0.5, 0.6) is 0 Å². The molecule has 5 heteroatoms. The SMILES string of the molecule is CN1CCC(N(C)C(=O)CCCc2nc3ccccc3s2)CC1. The number of carbonyl (C=O) groups excluding carboxylic acids is 1. The van der Waals surface area contributed by atoms with E-state index in [9.17, 15) is 4.79 Å². The molecule has 1 amide bonds. The molecule has 124 valence electrons. The third-order valence-electron chi connectivity index (χ3n) is 4.75. The summed E-state index contributed by atoms with van der Waals surface area (Å²) < 4.78 is 1.23. The summed E-state index contributed by atoms with van der Waals surface area (Å²) in [6.07, 6.45) is 4.59. The summed E-state index contributed by atoms with van der Waals surface area (Å²) in [5.74, 6) is 0.278. The van der Waals surface area contributed by atoms with Crippen LogP contribution in [0.25, 0.3) is 10.2 Å². The third-order valence-corrected chi connectivity index (χ3v) is 5.84. The van der Waals surface area contributed by atoms with Crippen LogP contribution in [-0.4, -0.2) is 53.9 Å². The Morgan fingerprint density at radius 2 is 2.09 bits per heavy atom. The van der Waals surface area contributed by atoms with Gasteiger partial charge in [-0.25, -0.2) is 4.98 Å². The quantitative estimate of drug-likeness (QED) is 0.844. The van der Waals surface area contributed by atoms with E-state index in [2.05, 4.69) is 23.0 Å². The predicted octanol–water partition coefficient (Wildman–Crippen LogP) is 3.17. The lowest BCUT2D eigenvalue weighted by Gasteiger charge is -2.35. The lowest BCUT2D eigenvalue weighted by Crippen LogP contribution is -2.44. The standard InChI is InChI=1S/C18H25N3OS/c1-20-12-10-14(11-13-20)21(2)18(22)9-5-8-17-19-15-6-3-4-7-16(15)23-17/h3-4,6-7,14H,5,8-13H2,1-2H3. The number of amides is 1. The number of aryl methyl sites for hydroxylation is 1. The number of hydrogen-bond donors (Lipinski definition) is 0. The monoisotopic (exact) mass is 331 g/mol. The van der Waals surface area contributed by atoms with Gasteiger partial charge in [-0.05, 0) is 58.0 Å². The van der Waals surface area contributed by atoms with Gasteiger partial charge in [0.05, 0.1) is 15.2 Å². The maximum absolute atomic E-state index is 12.4. The molecule has 1 aliphatic rings. The van der Waals surface area contributed by atoms with Crippen molar-refractivity contribution in [1.82, 2.24) is 14.8 Å². The van der Waals surface area contributed by atoms with Crippen molar-refractivity contribution < 1.29 is 4.79 Å². The molecule has 0 spiro atoms. The first kappa shape index (κ1) is 16.4. The molecule has 23 heavy (non-hydrogen) atoms. The Bertz CT molecular complexity index is 628. The number of piperidine rings is 1. The van der Waals surface area contributed by atoms with Gasteiger partial charge in [0.25, 0.3) is 0 Å². The summed E-state index contributed by atoms with van der Waals surface area (Å²) >= 11 is 1.74. The van der Waals surface area contributed by atoms with Crippen LogP contribution in [0.15, 0.2) is 24.3 Å². The minimum atomic E-state index is 0.278. The van der Waals surface area contributed by atoms with E-state index in [1.165, 1.54) is 4.70 Å². The molecule has 0 radical (unpaired) electrons. The highest BCUT2D eigenvalue weighted by Gasteiger charge is 2.23. The minimum Gasteiger partial charge on any atom is -0.343 e. The molecule has 0 unspecified atom stereocenters. The second-order valence-electron chi connectivity index (χ2n) is 6.47. The first-order valence-electron chi connectivity index (χ1n) is 8.42. The number of carbonyl (C=O) groups is 1. The van der Waals surface area contributed by atoms with Gasteiger partial charge in [0.1, 0.15) is 0 Å². The molecule has 2 heterocycles. The number of aromatic nitrogens is 1. The fourth-order valence-electron chi connectivity index (χ4n) is 3.18. The maximum atomic E-state index is 12.4. The van der Waals surface area contributed by atoms with Crippen LogP contribution in [0.3, 0.4) is 0 Å². The normalized spacial score (nSPS) is 16.8. The average molecular weight is 331 g/mol. The third kappa shape index (κ3) is 4.09. The molecule has 3 rings (SSSR count). The van der Waals surface area contributed by atoms with Gasteiger partial charge in [-0.1, -0.05) is 12.1 Å². The maximum Gasteiger partial charge on any atom is 0.222 e. The van der Waals surface area contributed by atoms with Crippen molar-refractivity contribution in [2.75, 3.05) is 27.2 Å². The number of likely N-dealkylation sites (tertiary alicyclic amines) is 1. The topological polar surface area (TPSA) is 36.4 Å². The number of fused-ring (bicyclic) bond motifs is 1. The largest absolute Gasteiger partial charge is 0.343 e. The number of benzene rings is 1. The molecule has 0 aliphatic carbocycles. The van der Waals surface area contributed by atoms with Crippen LogP contribution < -0.4 is 0 Å². The smallest absolute Gasteiger partial charge is 0.222 e. The Labute approximate surface area is 142 Å². The van der Waals surface area contributed by atoms with E-state index < -0.39 is 0 Å². The zero-order valence-corrected chi connectivity index (χ0v) is 14.8. The van der Waals surface area contributed by atoms with Crippen molar-refractivity contribution in [1.29, 1.82) is 0 Å². The lowest BCUT2D eigenvalue weighted by atomic mass is 10.0. The number of para-hydroxylation sites is 1. The Balaban J connectivity index is 1.47. The zero-order valence-electron chi connectivity index (χ0n) is 14.0. The number of rotatable bonds is 5. The van der Waals surface area contributed by atoms with Gasteiger partial charge in [0.2, 0.25) is 5.91 Å². The van der Waals surface area contributed by atoms with Crippen LogP contribution in [0.1, 0.15) is 30.7 Å². The number of hydrogen-bond acceptors (Lipinski definition) is 4. The Kier molecular flexibility index (Phi) is 5.28. The van der Waals surface area contributed by atoms with Gasteiger partial charge >= 0.3 is 0 Å². The first-order chi connectivity index (χ1) is 11.1. The van der Waals surface area contributed by atoms with E-state index in [1.807, 2.05) is 30.1 Å². The Morgan fingerprint density at radius 3 is 2.83 bits per heavy atom. The summed E-state index contributed by atoms with van der Waals surface area (Å²) in [4.78, 5) is 21.3. The summed E-state index contributed by atoms with van der Waals surface area (Å²) in [7, 11) is 4.12. The molecule has 1 aromatic carbocycles. The Hall–Kier alpha value is -1.46. The highest BCUT2D eigenvalue weighted by molar-refractivity contribution is 7.18. The van der Waals surface area contributed by atoms with E-state index in [-0.39, 0.29) is 5.91 Å². The van der Waals surface area contributed by atoms with Crippen LogP contribution in [-0.2, 0) is 11.2 Å². The lowest BCUT2D eigenvalue weighted by molar-refractivity contribution is -0.132. The molecule has 1 saturated heterocycles. The van der Waals surface area contributed by atoms with Crippen molar-refractivity contribution in [3.8, 4) is 0 Å². The molecule has 0 N–H and O–H groups in total. The number of thiazole rings is 1. The molecule has 1 aliphatic heterocycles. The average Bonchev–Trinajstić information content (AvgIpc) is 2.97. The molecular weight excluding hydrogens is 306 g/mol. The van der Waals surface area contributed by atoms with Crippen molar-refractivity contribution >= 4 is 27.5 Å². The molecule has 2 aromatic rings. The molecule has 1 fully saturated rings. The van der Waals surface area contributed by atoms with Crippen LogP contribution in [0.4, 0.5) is 0 Å². The van der Waals surface area contributed by atoms with Gasteiger partial charge in [-0.15, -0.1) is 11.3 Å². The number of nitrogens with zero attached hydrogens (tertiary/aromatic N) is 3. The van der Waals surface area contributed by atoms with Crippen molar-refractivity contribution in [3.05, 3.63) is 29.3 Å².